The SMILES string of the molecule is CCN(CC)c1ccc2c(c1)Oc1cc(N(CC)CC)ccc1C21c2ccccc2C(=O)N1NC(N)=O. The summed E-state index contributed by atoms with van der Waals surface area (Å²) in [6, 6.07) is 18.8. The highest BCUT2D eigenvalue weighted by Crippen LogP contribution is 2.57. The van der Waals surface area contributed by atoms with Crippen LogP contribution in [0, 0.1) is 0 Å². The number of ether oxygens (including phenoxy) is 1. The van der Waals surface area contributed by atoms with Gasteiger partial charge in [-0.3, -0.25) is 4.79 Å². The number of anilines is 2. The fourth-order valence-corrected chi connectivity index (χ4v) is 5.78. The lowest BCUT2D eigenvalue weighted by atomic mass is 9.75. The number of hydrogen-bond donors (Lipinski definition) is 2. The molecule has 3 N–H and O–H groups in total. The van der Waals surface area contributed by atoms with E-state index in [0.29, 0.717) is 17.1 Å². The second-order valence-electron chi connectivity index (χ2n) is 9.18. The number of hydrogen-bond acceptors (Lipinski definition) is 5. The molecule has 0 atom stereocenters. The van der Waals surface area contributed by atoms with E-state index < -0.39 is 11.6 Å². The average Bonchev–Trinajstić information content (AvgIpc) is 3.14. The van der Waals surface area contributed by atoms with Crippen LogP contribution in [0.15, 0.2) is 60.7 Å². The van der Waals surface area contributed by atoms with Gasteiger partial charge in [0.1, 0.15) is 17.0 Å². The predicted molar refractivity (Wildman–Crippen MR) is 145 cm³/mol. The van der Waals surface area contributed by atoms with E-state index in [0.717, 1.165) is 54.2 Å². The average molecular weight is 500 g/mol. The monoisotopic (exact) mass is 499 g/mol. The highest BCUT2D eigenvalue weighted by Gasteiger charge is 2.57. The minimum Gasteiger partial charge on any atom is -0.456 e. The Morgan fingerprint density at radius 2 is 1.35 bits per heavy atom. The van der Waals surface area contributed by atoms with Crippen LogP contribution in [0.1, 0.15) is 54.7 Å². The van der Waals surface area contributed by atoms with Crippen LogP contribution in [0.4, 0.5) is 16.2 Å². The van der Waals surface area contributed by atoms with Crippen LogP contribution in [-0.4, -0.2) is 43.1 Å². The quantitative estimate of drug-likeness (QED) is 0.487. The topological polar surface area (TPSA) is 91.1 Å². The number of nitrogens with zero attached hydrogens (tertiary/aromatic N) is 3. The highest BCUT2D eigenvalue weighted by atomic mass is 16.5. The van der Waals surface area contributed by atoms with Crippen molar-refractivity contribution in [2.75, 3.05) is 36.0 Å². The van der Waals surface area contributed by atoms with Gasteiger partial charge in [0, 0.05) is 71.9 Å². The third kappa shape index (κ3) is 3.58. The van der Waals surface area contributed by atoms with Crippen molar-refractivity contribution in [1.29, 1.82) is 0 Å². The van der Waals surface area contributed by atoms with Crippen LogP contribution < -0.4 is 25.7 Å². The molecular weight excluding hydrogens is 466 g/mol. The van der Waals surface area contributed by atoms with E-state index in [9.17, 15) is 9.59 Å². The molecule has 2 aliphatic rings. The third-order valence-electron chi connectivity index (χ3n) is 7.49. The van der Waals surface area contributed by atoms with E-state index >= 15 is 0 Å². The number of primary amides is 1. The largest absolute Gasteiger partial charge is 0.456 e. The van der Waals surface area contributed by atoms with Gasteiger partial charge < -0.3 is 20.3 Å². The summed E-state index contributed by atoms with van der Waals surface area (Å²) in [5.74, 6) is 0.942. The summed E-state index contributed by atoms with van der Waals surface area (Å²) in [5, 5.41) is 1.37. The standard InChI is InChI=1S/C29H33N5O3/c1-5-32(6-2)19-13-15-23-25(17-19)37-26-18-20(33(7-3)8-4)14-16-24(26)29(23)22-12-10-9-11-21(22)27(35)34(29)31-28(30)36/h9-18H,5-8H2,1-4H3,(H3,30,31,36). The molecule has 2 heterocycles. The highest BCUT2D eigenvalue weighted by molar-refractivity contribution is 6.03. The van der Waals surface area contributed by atoms with Crippen LogP contribution in [0.5, 0.6) is 11.5 Å². The van der Waals surface area contributed by atoms with E-state index in [1.165, 1.54) is 5.01 Å². The lowest BCUT2D eigenvalue weighted by Gasteiger charge is -2.44. The van der Waals surface area contributed by atoms with Crippen molar-refractivity contribution in [1.82, 2.24) is 10.4 Å². The van der Waals surface area contributed by atoms with Gasteiger partial charge in [-0.2, -0.15) is 0 Å². The Morgan fingerprint density at radius 1 is 0.838 bits per heavy atom. The van der Waals surface area contributed by atoms with Gasteiger partial charge in [-0.15, -0.1) is 0 Å². The zero-order chi connectivity index (χ0) is 26.3. The van der Waals surface area contributed by atoms with Crippen LogP contribution >= 0.6 is 0 Å². The first-order chi connectivity index (χ1) is 17.9. The molecule has 0 saturated carbocycles. The van der Waals surface area contributed by atoms with Gasteiger partial charge >= 0.3 is 6.03 Å². The molecule has 1 spiro atoms. The molecule has 0 radical (unpaired) electrons. The molecular formula is C29H33N5O3. The lowest BCUT2D eigenvalue weighted by Crippen LogP contribution is -2.57. The normalized spacial score (nSPS) is 14.5. The van der Waals surface area contributed by atoms with Gasteiger partial charge in [0.05, 0.1) is 0 Å². The molecule has 0 saturated heterocycles. The lowest BCUT2D eigenvalue weighted by molar-refractivity contribution is 0.0556. The second kappa shape index (κ2) is 9.35. The Labute approximate surface area is 217 Å². The number of benzene rings is 3. The fraction of sp³-hybridized carbons (Fsp3) is 0.310. The molecule has 0 fully saturated rings. The van der Waals surface area contributed by atoms with Gasteiger partial charge in [0.2, 0.25) is 0 Å². The molecule has 0 unspecified atom stereocenters. The number of amides is 3. The van der Waals surface area contributed by atoms with E-state index in [-0.39, 0.29) is 5.91 Å². The van der Waals surface area contributed by atoms with Crippen molar-refractivity contribution in [3.05, 3.63) is 82.9 Å². The zero-order valence-corrected chi connectivity index (χ0v) is 21.7. The third-order valence-corrected chi connectivity index (χ3v) is 7.49. The number of hydrazine groups is 1. The van der Waals surface area contributed by atoms with Gasteiger partial charge in [0.15, 0.2) is 0 Å². The van der Waals surface area contributed by atoms with Crippen molar-refractivity contribution in [2.24, 2.45) is 5.73 Å². The number of nitrogens with one attached hydrogen (secondary N) is 1. The molecule has 37 heavy (non-hydrogen) atoms. The van der Waals surface area contributed by atoms with Crippen LogP contribution in [0.25, 0.3) is 0 Å². The summed E-state index contributed by atoms with van der Waals surface area (Å²) in [6.07, 6.45) is 0. The molecule has 3 amide bonds. The smallest absolute Gasteiger partial charge is 0.331 e. The number of carbonyl (C=O) groups excluding carboxylic acids is 2. The minimum absolute atomic E-state index is 0.325. The summed E-state index contributed by atoms with van der Waals surface area (Å²) in [6.45, 7) is 11.8. The number of carbonyl (C=O) groups is 2. The van der Waals surface area contributed by atoms with Gasteiger partial charge in [-0.05, 0) is 45.9 Å². The van der Waals surface area contributed by atoms with E-state index in [1.54, 1.807) is 6.07 Å². The number of fused-ring (bicyclic) bond motifs is 6. The van der Waals surface area contributed by atoms with E-state index in [4.69, 9.17) is 10.5 Å². The molecule has 192 valence electrons. The first kappa shape index (κ1) is 24.5. The molecule has 0 aromatic heterocycles. The summed E-state index contributed by atoms with van der Waals surface area (Å²) in [7, 11) is 0. The van der Waals surface area contributed by atoms with E-state index in [1.807, 2.05) is 54.6 Å². The van der Waals surface area contributed by atoms with Crippen LogP contribution in [0.3, 0.4) is 0 Å². The summed E-state index contributed by atoms with van der Waals surface area (Å²) < 4.78 is 6.59. The molecule has 8 nitrogen and oxygen atoms in total. The molecule has 8 heteroatoms. The molecule has 2 aliphatic heterocycles. The Bertz CT molecular complexity index is 1300. The second-order valence-corrected chi connectivity index (χ2v) is 9.18. The van der Waals surface area contributed by atoms with E-state index in [2.05, 4.69) is 42.9 Å². The Balaban J connectivity index is 1.84. The van der Waals surface area contributed by atoms with Crippen molar-refractivity contribution in [3.63, 3.8) is 0 Å². The summed E-state index contributed by atoms with van der Waals surface area (Å²) in [5.41, 5.74) is 12.0. The van der Waals surface area contributed by atoms with Crippen LogP contribution in [-0.2, 0) is 5.54 Å². The maximum Gasteiger partial charge on any atom is 0.331 e. The maximum atomic E-state index is 13.8. The number of urea groups is 1. The zero-order valence-electron chi connectivity index (χ0n) is 21.7. The molecule has 0 bridgehead atoms. The van der Waals surface area contributed by atoms with Crippen molar-refractivity contribution >= 4 is 23.3 Å². The van der Waals surface area contributed by atoms with Crippen molar-refractivity contribution < 1.29 is 14.3 Å². The molecule has 5 rings (SSSR count). The minimum atomic E-state index is -1.14. The Hall–Kier alpha value is -4.20. The molecule has 3 aromatic rings. The van der Waals surface area contributed by atoms with Crippen molar-refractivity contribution in [3.8, 4) is 11.5 Å². The first-order valence-corrected chi connectivity index (χ1v) is 12.9. The first-order valence-electron chi connectivity index (χ1n) is 12.9. The fourth-order valence-electron chi connectivity index (χ4n) is 5.78. The Morgan fingerprint density at radius 3 is 1.84 bits per heavy atom. The van der Waals surface area contributed by atoms with Gasteiger partial charge in [0.25, 0.3) is 5.91 Å². The molecule has 0 aliphatic carbocycles. The summed E-state index contributed by atoms with van der Waals surface area (Å²) >= 11 is 0. The van der Waals surface area contributed by atoms with Crippen molar-refractivity contribution in [2.45, 2.75) is 33.2 Å². The summed E-state index contributed by atoms with van der Waals surface area (Å²) in [4.78, 5) is 30.5. The van der Waals surface area contributed by atoms with Gasteiger partial charge in [-0.25, -0.2) is 15.2 Å². The van der Waals surface area contributed by atoms with Crippen LogP contribution in [0.2, 0.25) is 0 Å². The van der Waals surface area contributed by atoms with Gasteiger partial charge in [-0.1, -0.05) is 30.3 Å². The predicted octanol–water partition coefficient (Wildman–Crippen LogP) is 4.82. The Kier molecular flexibility index (Phi) is 6.19. The number of nitrogens with two attached hydrogens (primary N) is 1. The maximum absolute atomic E-state index is 13.8. The number of rotatable bonds is 7. The molecule has 3 aromatic carbocycles.